The molecule has 0 aliphatic heterocycles. The van der Waals surface area contributed by atoms with Gasteiger partial charge in [0.05, 0.1) is 0 Å². The van der Waals surface area contributed by atoms with E-state index in [1.807, 2.05) is 0 Å². The lowest BCUT2D eigenvalue weighted by Gasteiger charge is -2.08. The second-order valence-electron chi connectivity index (χ2n) is 4.76. The summed E-state index contributed by atoms with van der Waals surface area (Å²) in [5, 5.41) is 5.66. The van der Waals surface area contributed by atoms with Crippen LogP contribution in [0.1, 0.15) is 34.3 Å². The average molecular weight is 296 g/mol. The molecular formula is C16H12N2O4. The molecular weight excluding hydrogens is 284 g/mol. The van der Waals surface area contributed by atoms with Gasteiger partial charge in [-0.25, -0.2) is 0 Å². The van der Waals surface area contributed by atoms with Crippen molar-refractivity contribution in [3.8, 4) is 0 Å². The summed E-state index contributed by atoms with van der Waals surface area (Å²) in [6, 6.07) is 10.3. The number of carbonyl (C=O) groups excluding carboxylic acids is 2. The van der Waals surface area contributed by atoms with Crippen LogP contribution < -0.4 is 0 Å². The highest BCUT2D eigenvalue weighted by Gasteiger charge is 2.15. The van der Waals surface area contributed by atoms with Crippen molar-refractivity contribution in [2.75, 3.05) is 0 Å². The van der Waals surface area contributed by atoms with Crippen molar-refractivity contribution in [2.24, 2.45) is 10.4 Å². The van der Waals surface area contributed by atoms with Crippen LogP contribution in [0.4, 0.5) is 11.4 Å². The zero-order valence-corrected chi connectivity index (χ0v) is 11.7. The molecule has 0 fully saturated rings. The van der Waals surface area contributed by atoms with Crippen LogP contribution in [0.25, 0.3) is 0 Å². The SMILES string of the molecule is CC(C=O)c1ccc(C(=O)c2cccc(N=O)c2)cc1N=O. The number of carbonyl (C=O) groups is 2. The van der Waals surface area contributed by atoms with E-state index in [-0.39, 0.29) is 28.3 Å². The first-order valence-corrected chi connectivity index (χ1v) is 6.51. The molecule has 0 aliphatic rings. The summed E-state index contributed by atoms with van der Waals surface area (Å²) < 4.78 is 0. The molecule has 2 rings (SSSR count). The van der Waals surface area contributed by atoms with E-state index in [9.17, 15) is 19.4 Å². The first kappa shape index (κ1) is 15.4. The molecule has 0 spiro atoms. The first-order chi connectivity index (χ1) is 10.6. The summed E-state index contributed by atoms with van der Waals surface area (Å²) in [4.78, 5) is 44.7. The minimum Gasteiger partial charge on any atom is -0.303 e. The standard InChI is InChI=1S/C16H12N2O4/c1-10(9-19)14-6-5-12(8-15(14)18-22)16(20)11-3-2-4-13(7-11)17-21/h2-10H,1H3. The lowest BCUT2D eigenvalue weighted by Crippen LogP contribution is -2.02. The summed E-state index contributed by atoms with van der Waals surface area (Å²) in [5.74, 6) is -0.847. The van der Waals surface area contributed by atoms with E-state index in [0.29, 0.717) is 11.8 Å². The number of rotatable bonds is 6. The van der Waals surface area contributed by atoms with Crippen molar-refractivity contribution in [3.63, 3.8) is 0 Å². The van der Waals surface area contributed by atoms with Gasteiger partial charge in [0.2, 0.25) is 0 Å². The molecule has 2 aromatic rings. The number of aldehydes is 1. The lowest BCUT2D eigenvalue weighted by atomic mass is 9.96. The molecule has 6 heteroatoms. The van der Waals surface area contributed by atoms with Crippen LogP contribution >= 0.6 is 0 Å². The van der Waals surface area contributed by atoms with Crippen LogP contribution in [0.2, 0.25) is 0 Å². The van der Waals surface area contributed by atoms with Crippen LogP contribution in [-0.2, 0) is 4.79 Å². The van der Waals surface area contributed by atoms with Gasteiger partial charge >= 0.3 is 0 Å². The van der Waals surface area contributed by atoms with Crippen molar-refractivity contribution in [2.45, 2.75) is 12.8 Å². The van der Waals surface area contributed by atoms with E-state index in [2.05, 4.69) is 10.4 Å². The van der Waals surface area contributed by atoms with Crippen LogP contribution in [-0.4, -0.2) is 12.1 Å². The molecule has 22 heavy (non-hydrogen) atoms. The molecule has 0 aliphatic carbocycles. The Balaban J connectivity index is 2.44. The molecule has 0 saturated heterocycles. The fraction of sp³-hybridized carbons (Fsp3) is 0.125. The van der Waals surface area contributed by atoms with Gasteiger partial charge in [0.15, 0.2) is 5.78 Å². The Hall–Kier alpha value is -3.02. The van der Waals surface area contributed by atoms with Gasteiger partial charge in [-0.3, -0.25) is 4.79 Å². The Bertz CT molecular complexity index is 756. The molecule has 0 heterocycles. The zero-order valence-electron chi connectivity index (χ0n) is 11.7. The summed E-state index contributed by atoms with van der Waals surface area (Å²) in [6.45, 7) is 1.64. The van der Waals surface area contributed by atoms with Crippen LogP contribution in [0.3, 0.4) is 0 Å². The predicted octanol–water partition coefficient (Wildman–Crippen LogP) is 4.02. The molecule has 0 amide bonds. The minimum absolute atomic E-state index is 0.0510. The van der Waals surface area contributed by atoms with Crippen molar-refractivity contribution < 1.29 is 9.59 Å². The molecule has 1 unspecified atom stereocenters. The molecule has 6 nitrogen and oxygen atoms in total. The largest absolute Gasteiger partial charge is 0.303 e. The van der Waals surface area contributed by atoms with Crippen molar-refractivity contribution >= 4 is 23.4 Å². The van der Waals surface area contributed by atoms with Gasteiger partial charge in [0.1, 0.15) is 17.7 Å². The molecule has 0 radical (unpaired) electrons. The smallest absolute Gasteiger partial charge is 0.193 e. The third-order valence-corrected chi connectivity index (χ3v) is 3.30. The summed E-state index contributed by atoms with van der Waals surface area (Å²) in [7, 11) is 0. The average Bonchev–Trinajstić information content (AvgIpc) is 2.59. The number of nitroso groups, excluding NO2 is 2. The van der Waals surface area contributed by atoms with Crippen molar-refractivity contribution in [3.05, 3.63) is 69.0 Å². The quantitative estimate of drug-likeness (QED) is 0.457. The van der Waals surface area contributed by atoms with Crippen molar-refractivity contribution in [1.29, 1.82) is 0 Å². The van der Waals surface area contributed by atoms with E-state index in [4.69, 9.17) is 0 Å². The summed E-state index contributed by atoms with van der Waals surface area (Å²) >= 11 is 0. The Morgan fingerprint density at radius 1 is 1.05 bits per heavy atom. The van der Waals surface area contributed by atoms with E-state index < -0.39 is 5.92 Å². The molecule has 0 aromatic heterocycles. The highest BCUT2D eigenvalue weighted by Crippen LogP contribution is 2.28. The van der Waals surface area contributed by atoms with E-state index in [1.165, 1.54) is 30.3 Å². The topological polar surface area (TPSA) is 93.0 Å². The fourth-order valence-electron chi connectivity index (χ4n) is 2.09. The van der Waals surface area contributed by atoms with Gasteiger partial charge in [0.25, 0.3) is 0 Å². The molecule has 2 aromatic carbocycles. The van der Waals surface area contributed by atoms with E-state index in [0.717, 1.165) is 0 Å². The van der Waals surface area contributed by atoms with Crippen LogP contribution in [0, 0.1) is 9.81 Å². The van der Waals surface area contributed by atoms with Crippen LogP contribution in [0.15, 0.2) is 52.8 Å². The second-order valence-corrected chi connectivity index (χ2v) is 4.76. The van der Waals surface area contributed by atoms with Gasteiger partial charge in [-0.2, -0.15) is 0 Å². The van der Waals surface area contributed by atoms with Gasteiger partial charge in [-0.05, 0) is 34.1 Å². The third kappa shape index (κ3) is 3.01. The Kier molecular flexibility index (Phi) is 4.63. The minimum atomic E-state index is -0.487. The van der Waals surface area contributed by atoms with Crippen molar-refractivity contribution in [1.82, 2.24) is 0 Å². The first-order valence-electron chi connectivity index (χ1n) is 6.51. The molecule has 0 bridgehead atoms. The Morgan fingerprint density at radius 3 is 2.41 bits per heavy atom. The maximum atomic E-state index is 12.4. The van der Waals surface area contributed by atoms with Gasteiger partial charge in [-0.1, -0.05) is 31.2 Å². The number of benzene rings is 2. The zero-order chi connectivity index (χ0) is 16.1. The maximum absolute atomic E-state index is 12.4. The monoisotopic (exact) mass is 296 g/mol. The normalized spacial score (nSPS) is 11.5. The number of hydrogen-bond donors (Lipinski definition) is 0. The Labute approximate surface area is 126 Å². The predicted molar refractivity (Wildman–Crippen MR) is 81.7 cm³/mol. The molecule has 1 atom stereocenters. The van der Waals surface area contributed by atoms with E-state index >= 15 is 0 Å². The van der Waals surface area contributed by atoms with Gasteiger partial charge in [0, 0.05) is 17.0 Å². The van der Waals surface area contributed by atoms with Crippen LogP contribution in [0.5, 0.6) is 0 Å². The number of hydrogen-bond acceptors (Lipinski definition) is 6. The van der Waals surface area contributed by atoms with Gasteiger partial charge in [-0.15, -0.1) is 9.81 Å². The van der Waals surface area contributed by atoms with Gasteiger partial charge < -0.3 is 4.79 Å². The third-order valence-electron chi connectivity index (χ3n) is 3.30. The number of ketones is 1. The highest BCUT2D eigenvalue weighted by molar-refractivity contribution is 6.09. The molecule has 0 N–H and O–H groups in total. The fourth-order valence-corrected chi connectivity index (χ4v) is 2.09. The van der Waals surface area contributed by atoms with E-state index in [1.54, 1.807) is 19.1 Å². The second kappa shape index (κ2) is 6.62. The number of nitrogens with zero attached hydrogens (tertiary/aromatic N) is 2. The summed E-state index contributed by atoms with van der Waals surface area (Å²) in [5.41, 5.74) is 1.19. The Morgan fingerprint density at radius 2 is 1.77 bits per heavy atom. The molecule has 0 saturated carbocycles. The summed E-state index contributed by atoms with van der Waals surface area (Å²) in [6.07, 6.45) is 0.699. The lowest BCUT2D eigenvalue weighted by molar-refractivity contribution is -0.108. The maximum Gasteiger partial charge on any atom is 0.193 e. The molecule has 110 valence electrons. The highest BCUT2D eigenvalue weighted by atomic mass is 16.3.